The van der Waals surface area contributed by atoms with Crippen molar-refractivity contribution in [2.24, 2.45) is 0 Å². The zero-order valence-electron chi connectivity index (χ0n) is 8.24. The van der Waals surface area contributed by atoms with E-state index in [0.717, 1.165) is 37.4 Å². The standard InChI is InChI=1S/C11H10BrClO/c1-5-4-8-9(6(2)10(5)13)7(3)11(12)14-8/h4H,1-3H3. The van der Waals surface area contributed by atoms with Crippen molar-refractivity contribution in [3.8, 4) is 0 Å². The number of furan rings is 1. The van der Waals surface area contributed by atoms with Crippen LogP contribution in [0.4, 0.5) is 0 Å². The SMILES string of the molecule is Cc1cc2oc(Br)c(C)c2c(C)c1Cl. The Bertz CT molecular complexity index is 514. The maximum absolute atomic E-state index is 6.18. The van der Waals surface area contributed by atoms with Gasteiger partial charge in [-0.15, -0.1) is 0 Å². The molecule has 2 aromatic rings. The molecule has 0 aliphatic carbocycles. The molecule has 0 bridgehead atoms. The van der Waals surface area contributed by atoms with E-state index in [-0.39, 0.29) is 0 Å². The van der Waals surface area contributed by atoms with Crippen LogP contribution in [0, 0.1) is 20.8 Å². The fourth-order valence-corrected chi connectivity index (χ4v) is 2.26. The van der Waals surface area contributed by atoms with E-state index < -0.39 is 0 Å². The van der Waals surface area contributed by atoms with Gasteiger partial charge in [-0.25, -0.2) is 0 Å². The third-order valence-corrected chi connectivity index (χ3v) is 3.85. The number of fused-ring (bicyclic) bond motifs is 1. The summed E-state index contributed by atoms with van der Waals surface area (Å²) in [5.41, 5.74) is 4.15. The first kappa shape index (κ1) is 10.1. The normalized spacial score (nSPS) is 11.2. The zero-order chi connectivity index (χ0) is 10.5. The number of hydrogen-bond donors (Lipinski definition) is 0. The Morgan fingerprint density at radius 3 is 2.50 bits per heavy atom. The van der Waals surface area contributed by atoms with Crippen LogP contribution in [0.3, 0.4) is 0 Å². The first-order valence-electron chi connectivity index (χ1n) is 4.36. The van der Waals surface area contributed by atoms with Crippen molar-refractivity contribution in [3.63, 3.8) is 0 Å². The number of aryl methyl sites for hydroxylation is 3. The molecule has 0 N–H and O–H groups in total. The molecule has 1 aromatic heterocycles. The zero-order valence-corrected chi connectivity index (χ0v) is 10.6. The number of hydrogen-bond acceptors (Lipinski definition) is 1. The molecule has 3 heteroatoms. The van der Waals surface area contributed by atoms with Gasteiger partial charge < -0.3 is 4.42 Å². The first-order valence-corrected chi connectivity index (χ1v) is 5.53. The second-order valence-corrected chi connectivity index (χ2v) is 4.60. The van der Waals surface area contributed by atoms with Gasteiger partial charge in [-0.05, 0) is 53.9 Å². The van der Waals surface area contributed by atoms with Crippen molar-refractivity contribution in [1.82, 2.24) is 0 Å². The monoisotopic (exact) mass is 272 g/mol. The lowest BCUT2D eigenvalue weighted by Gasteiger charge is -2.03. The molecule has 0 atom stereocenters. The van der Waals surface area contributed by atoms with Crippen LogP contribution in [-0.2, 0) is 0 Å². The number of rotatable bonds is 0. The summed E-state index contributed by atoms with van der Waals surface area (Å²) in [5.74, 6) is 0. The summed E-state index contributed by atoms with van der Waals surface area (Å²) < 4.78 is 6.36. The van der Waals surface area contributed by atoms with Crippen LogP contribution < -0.4 is 0 Å². The van der Waals surface area contributed by atoms with Crippen LogP contribution in [0.25, 0.3) is 11.0 Å². The van der Waals surface area contributed by atoms with E-state index in [2.05, 4.69) is 15.9 Å². The molecule has 0 aliphatic heterocycles. The lowest BCUT2D eigenvalue weighted by molar-refractivity contribution is 0.583. The van der Waals surface area contributed by atoms with Gasteiger partial charge in [-0.1, -0.05) is 11.6 Å². The van der Waals surface area contributed by atoms with Gasteiger partial charge in [0.1, 0.15) is 5.58 Å². The predicted molar refractivity (Wildman–Crippen MR) is 63.1 cm³/mol. The van der Waals surface area contributed by atoms with Crippen molar-refractivity contribution in [2.45, 2.75) is 20.8 Å². The summed E-state index contributed by atoms with van der Waals surface area (Å²) >= 11 is 9.56. The molecule has 14 heavy (non-hydrogen) atoms. The summed E-state index contributed by atoms with van der Waals surface area (Å²) in [6, 6.07) is 1.97. The minimum Gasteiger partial charge on any atom is -0.449 e. The van der Waals surface area contributed by atoms with E-state index in [1.54, 1.807) is 0 Å². The van der Waals surface area contributed by atoms with Gasteiger partial charge >= 0.3 is 0 Å². The molecule has 0 saturated heterocycles. The maximum atomic E-state index is 6.18. The summed E-state index contributed by atoms with van der Waals surface area (Å²) in [4.78, 5) is 0. The molecule has 1 nitrogen and oxygen atoms in total. The Labute approximate surface area is 96.2 Å². The van der Waals surface area contributed by atoms with Gasteiger partial charge in [0.2, 0.25) is 0 Å². The quantitative estimate of drug-likeness (QED) is 0.673. The van der Waals surface area contributed by atoms with Crippen LogP contribution in [0.2, 0.25) is 5.02 Å². The van der Waals surface area contributed by atoms with Gasteiger partial charge in [0, 0.05) is 16.0 Å². The van der Waals surface area contributed by atoms with Crippen molar-refractivity contribution in [1.29, 1.82) is 0 Å². The van der Waals surface area contributed by atoms with E-state index in [0.29, 0.717) is 0 Å². The van der Waals surface area contributed by atoms with E-state index in [1.165, 1.54) is 0 Å². The Balaban J connectivity index is 2.99. The van der Waals surface area contributed by atoms with Gasteiger partial charge in [-0.3, -0.25) is 0 Å². The summed E-state index contributed by atoms with van der Waals surface area (Å²) in [6.45, 7) is 6.03. The van der Waals surface area contributed by atoms with E-state index in [4.69, 9.17) is 16.0 Å². The maximum Gasteiger partial charge on any atom is 0.173 e. The highest BCUT2D eigenvalue weighted by atomic mass is 79.9. The highest BCUT2D eigenvalue weighted by molar-refractivity contribution is 9.10. The van der Waals surface area contributed by atoms with Crippen molar-refractivity contribution < 1.29 is 4.42 Å². The van der Waals surface area contributed by atoms with Crippen LogP contribution in [0.15, 0.2) is 15.2 Å². The summed E-state index contributed by atoms with van der Waals surface area (Å²) in [7, 11) is 0. The second kappa shape index (κ2) is 3.28. The molecule has 0 saturated carbocycles. The lowest BCUT2D eigenvalue weighted by Crippen LogP contribution is -1.83. The van der Waals surface area contributed by atoms with Gasteiger partial charge in [0.25, 0.3) is 0 Å². The molecular formula is C11H10BrClO. The molecule has 0 fully saturated rings. The average molecular weight is 274 g/mol. The fraction of sp³-hybridized carbons (Fsp3) is 0.273. The fourth-order valence-electron chi connectivity index (χ4n) is 1.74. The lowest BCUT2D eigenvalue weighted by atomic mass is 10.1. The molecule has 1 aromatic carbocycles. The van der Waals surface area contributed by atoms with Crippen molar-refractivity contribution in [3.05, 3.63) is 32.4 Å². The number of benzene rings is 1. The summed E-state index contributed by atoms with van der Waals surface area (Å²) in [6.07, 6.45) is 0. The molecule has 0 radical (unpaired) electrons. The van der Waals surface area contributed by atoms with Crippen LogP contribution in [0.1, 0.15) is 16.7 Å². The van der Waals surface area contributed by atoms with E-state index in [1.807, 2.05) is 26.8 Å². The van der Waals surface area contributed by atoms with Gasteiger partial charge in [0.05, 0.1) is 0 Å². The minimum atomic E-state index is 0.789. The minimum absolute atomic E-state index is 0.789. The second-order valence-electron chi connectivity index (χ2n) is 3.51. The third kappa shape index (κ3) is 1.29. The predicted octanol–water partition coefficient (Wildman–Crippen LogP) is 4.77. The largest absolute Gasteiger partial charge is 0.449 e. The van der Waals surface area contributed by atoms with Crippen molar-refractivity contribution in [2.75, 3.05) is 0 Å². The molecule has 2 rings (SSSR count). The van der Waals surface area contributed by atoms with Gasteiger partial charge in [0.15, 0.2) is 4.67 Å². The molecule has 0 amide bonds. The molecule has 0 spiro atoms. The highest BCUT2D eigenvalue weighted by Crippen LogP contribution is 2.36. The Morgan fingerprint density at radius 1 is 1.21 bits per heavy atom. The molecular weight excluding hydrogens is 263 g/mol. The average Bonchev–Trinajstić information content (AvgIpc) is 2.39. The Morgan fingerprint density at radius 2 is 1.86 bits per heavy atom. The molecule has 0 aliphatic rings. The van der Waals surface area contributed by atoms with E-state index in [9.17, 15) is 0 Å². The van der Waals surface area contributed by atoms with Crippen molar-refractivity contribution >= 4 is 38.5 Å². The van der Waals surface area contributed by atoms with Crippen LogP contribution >= 0.6 is 27.5 Å². The Hall–Kier alpha value is -0.470. The summed E-state index contributed by atoms with van der Waals surface area (Å²) in [5, 5.41) is 1.95. The van der Waals surface area contributed by atoms with Gasteiger partial charge in [-0.2, -0.15) is 0 Å². The highest BCUT2D eigenvalue weighted by Gasteiger charge is 2.13. The molecule has 74 valence electrons. The van der Waals surface area contributed by atoms with Crippen LogP contribution in [0.5, 0.6) is 0 Å². The molecule has 0 unspecified atom stereocenters. The topological polar surface area (TPSA) is 13.1 Å². The van der Waals surface area contributed by atoms with E-state index >= 15 is 0 Å². The smallest absolute Gasteiger partial charge is 0.173 e. The molecule has 1 heterocycles. The Kier molecular flexibility index (Phi) is 2.36. The number of halogens is 2. The third-order valence-electron chi connectivity index (χ3n) is 2.51. The van der Waals surface area contributed by atoms with Crippen LogP contribution in [-0.4, -0.2) is 0 Å². The first-order chi connectivity index (χ1) is 6.52.